The fourth-order valence-corrected chi connectivity index (χ4v) is 0.704. The van der Waals surface area contributed by atoms with E-state index in [0.717, 1.165) is 0 Å². The molecule has 1 rings (SSSR count). The zero-order valence-corrected chi connectivity index (χ0v) is 6.60. The summed E-state index contributed by atoms with van der Waals surface area (Å²) in [6, 6.07) is 0. The Hall–Kier alpha value is -2.12. The van der Waals surface area contributed by atoms with E-state index in [1.54, 1.807) is 0 Å². The number of carbonyl (C=O) groups is 2. The highest BCUT2D eigenvalue weighted by molar-refractivity contribution is 5.98. The fourth-order valence-electron chi connectivity index (χ4n) is 0.704. The van der Waals surface area contributed by atoms with Crippen molar-refractivity contribution in [3.8, 4) is 0 Å². The molecule has 2 amide bonds. The Morgan fingerprint density at radius 3 is 2.77 bits per heavy atom. The second kappa shape index (κ2) is 3.09. The van der Waals surface area contributed by atoms with Gasteiger partial charge in [-0.25, -0.2) is 0 Å². The van der Waals surface area contributed by atoms with Gasteiger partial charge in [-0.3, -0.25) is 19.5 Å². The van der Waals surface area contributed by atoms with E-state index < -0.39 is 17.5 Å². The Labute approximate surface area is 71.8 Å². The van der Waals surface area contributed by atoms with Gasteiger partial charge in [-0.15, -0.1) is 0 Å². The van der Waals surface area contributed by atoms with Gasteiger partial charge in [-0.1, -0.05) is 0 Å². The van der Waals surface area contributed by atoms with Crippen molar-refractivity contribution >= 4 is 17.6 Å². The molecule has 0 saturated carbocycles. The molecule has 3 N–H and O–H groups in total. The van der Waals surface area contributed by atoms with Crippen LogP contribution in [0, 0.1) is 5.21 Å². The summed E-state index contributed by atoms with van der Waals surface area (Å²) in [5.74, 6) is -1.80. The van der Waals surface area contributed by atoms with Gasteiger partial charge in [0.2, 0.25) is 5.91 Å². The molecule has 0 bridgehead atoms. The van der Waals surface area contributed by atoms with Crippen molar-refractivity contribution in [3.63, 3.8) is 0 Å². The number of primary amides is 1. The van der Waals surface area contributed by atoms with E-state index >= 15 is 0 Å². The largest absolute Gasteiger partial charge is 0.362 e. The van der Waals surface area contributed by atoms with Gasteiger partial charge in [0, 0.05) is 6.92 Å². The quantitative estimate of drug-likeness (QED) is 0.536. The van der Waals surface area contributed by atoms with Crippen LogP contribution in [0.3, 0.4) is 0 Å². The minimum absolute atomic E-state index is 0.173. The van der Waals surface area contributed by atoms with Gasteiger partial charge in [0.25, 0.3) is 5.91 Å². The maximum absolute atomic E-state index is 10.7. The Bertz CT molecular complexity index is 357. The van der Waals surface area contributed by atoms with E-state index in [1.165, 1.54) is 6.92 Å². The topological polar surface area (TPSA) is 125 Å². The molecule has 0 aromatic carbocycles. The lowest BCUT2D eigenvalue weighted by Crippen LogP contribution is -2.35. The van der Waals surface area contributed by atoms with Gasteiger partial charge in [-0.05, 0) is 4.90 Å². The van der Waals surface area contributed by atoms with Crippen molar-refractivity contribution in [1.82, 2.24) is 5.16 Å². The van der Waals surface area contributed by atoms with Crippen LogP contribution in [-0.4, -0.2) is 17.0 Å². The average molecular weight is 186 g/mol. The van der Waals surface area contributed by atoms with Crippen molar-refractivity contribution in [2.75, 3.05) is 5.32 Å². The highest BCUT2D eigenvalue weighted by Gasteiger charge is 2.24. The van der Waals surface area contributed by atoms with E-state index in [9.17, 15) is 14.8 Å². The third-order valence-corrected chi connectivity index (χ3v) is 1.14. The van der Waals surface area contributed by atoms with Crippen LogP contribution in [0.4, 0.5) is 5.82 Å². The Balaban J connectivity index is 3.07. The van der Waals surface area contributed by atoms with E-state index in [4.69, 9.17) is 5.73 Å². The Kier molecular flexibility index (Phi) is 2.13. The Morgan fingerprint density at radius 1 is 1.69 bits per heavy atom. The highest BCUT2D eigenvalue weighted by Crippen LogP contribution is 2.05. The molecule has 13 heavy (non-hydrogen) atoms. The Morgan fingerprint density at radius 2 is 2.31 bits per heavy atom. The van der Waals surface area contributed by atoms with E-state index in [1.807, 2.05) is 0 Å². The lowest BCUT2D eigenvalue weighted by Gasteiger charge is -1.92. The van der Waals surface area contributed by atoms with Gasteiger partial charge in [0.15, 0.2) is 0 Å². The van der Waals surface area contributed by atoms with Gasteiger partial charge in [0.05, 0.1) is 5.16 Å². The van der Waals surface area contributed by atoms with Crippen LogP contribution in [0.5, 0.6) is 0 Å². The molecule has 0 fully saturated rings. The van der Waals surface area contributed by atoms with Crippen molar-refractivity contribution < 1.29 is 19.1 Å². The van der Waals surface area contributed by atoms with Crippen LogP contribution in [0.1, 0.15) is 17.4 Å². The van der Waals surface area contributed by atoms with Crippen molar-refractivity contribution in [1.29, 1.82) is 0 Å². The van der Waals surface area contributed by atoms with Crippen molar-refractivity contribution in [3.05, 3.63) is 10.9 Å². The minimum Gasteiger partial charge on any atom is -0.362 e. The summed E-state index contributed by atoms with van der Waals surface area (Å²) in [5.41, 5.74) is 4.29. The molecular formula is C5H6N4O4. The molecule has 0 atom stereocenters. The van der Waals surface area contributed by atoms with Crippen LogP contribution in [0.25, 0.3) is 0 Å². The summed E-state index contributed by atoms with van der Waals surface area (Å²) in [4.78, 5) is 21.0. The van der Waals surface area contributed by atoms with E-state index in [0.29, 0.717) is 0 Å². The molecule has 8 heteroatoms. The molecule has 0 unspecified atom stereocenters. The number of rotatable bonds is 2. The highest BCUT2D eigenvalue weighted by atomic mass is 16.8. The first-order valence-corrected chi connectivity index (χ1v) is 3.19. The number of carbonyl (C=O) groups excluding carboxylic acids is 2. The number of nitrogens with two attached hydrogens (primary N) is 1. The molecule has 8 nitrogen and oxygen atoms in total. The maximum Gasteiger partial charge on any atom is 0.327 e. The lowest BCUT2D eigenvalue weighted by molar-refractivity contribution is -0.803. The van der Waals surface area contributed by atoms with Crippen molar-refractivity contribution in [2.45, 2.75) is 6.92 Å². The monoisotopic (exact) mass is 186 g/mol. The van der Waals surface area contributed by atoms with E-state index in [-0.39, 0.29) is 10.7 Å². The molecule has 0 radical (unpaired) electrons. The summed E-state index contributed by atoms with van der Waals surface area (Å²) in [7, 11) is 0. The zero-order chi connectivity index (χ0) is 10.0. The number of hydrogen-bond donors (Lipinski definition) is 2. The second-order valence-electron chi connectivity index (χ2n) is 2.17. The predicted octanol–water partition coefficient (Wildman–Crippen LogP) is -1.63. The number of hydrogen-bond acceptors (Lipinski definition) is 5. The van der Waals surface area contributed by atoms with Gasteiger partial charge < -0.3 is 10.9 Å². The number of nitrogens with one attached hydrogen (secondary N) is 1. The molecule has 70 valence electrons. The predicted molar refractivity (Wildman–Crippen MR) is 38.3 cm³/mol. The molecular weight excluding hydrogens is 180 g/mol. The fraction of sp³-hybridized carbons (Fsp3) is 0.200. The SMILES string of the molecule is CC(=O)Nc1no[n+]([O-])c1C(N)=O. The van der Waals surface area contributed by atoms with Crippen molar-refractivity contribution in [2.24, 2.45) is 5.73 Å². The van der Waals surface area contributed by atoms with Crippen LogP contribution < -0.4 is 16.0 Å². The first-order chi connectivity index (χ1) is 6.02. The molecule has 1 heterocycles. The van der Waals surface area contributed by atoms with Gasteiger partial charge in [-0.2, -0.15) is 0 Å². The smallest absolute Gasteiger partial charge is 0.327 e. The number of aromatic nitrogens is 2. The zero-order valence-electron chi connectivity index (χ0n) is 6.60. The molecule has 0 aliphatic rings. The molecule has 0 spiro atoms. The summed E-state index contributed by atoms with van der Waals surface area (Å²) >= 11 is 0. The van der Waals surface area contributed by atoms with Crippen LogP contribution in [0.2, 0.25) is 0 Å². The first kappa shape index (κ1) is 8.97. The molecule has 0 aliphatic heterocycles. The third kappa shape index (κ3) is 1.72. The molecule has 0 aliphatic carbocycles. The molecule has 0 saturated heterocycles. The lowest BCUT2D eigenvalue weighted by atomic mass is 10.4. The molecule has 1 aromatic heterocycles. The number of anilines is 1. The summed E-state index contributed by atoms with van der Waals surface area (Å²) < 4.78 is 4.05. The van der Waals surface area contributed by atoms with Gasteiger partial charge in [0.1, 0.15) is 0 Å². The van der Waals surface area contributed by atoms with Crippen LogP contribution in [0.15, 0.2) is 4.63 Å². The number of amides is 2. The normalized spacial score (nSPS) is 9.62. The van der Waals surface area contributed by atoms with Crippen LogP contribution >= 0.6 is 0 Å². The summed E-state index contributed by atoms with van der Waals surface area (Å²) in [6.07, 6.45) is 0. The van der Waals surface area contributed by atoms with Crippen LogP contribution in [-0.2, 0) is 4.79 Å². The minimum atomic E-state index is -1.03. The van der Waals surface area contributed by atoms with E-state index in [2.05, 4.69) is 15.1 Å². The summed E-state index contributed by atoms with van der Waals surface area (Å²) in [6.45, 7) is 1.19. The average Bonchev–Trinajstić information content (AvgIpc) is 2.30. The second-order valence-corrected chi connectivity index (χ2v) is 2.17. The number of nitrogens with zero attached hydrogens (tertiary/aromatic N) is 2. The molecule has 1 aromatic rings. The maximum atomic E-state index is 10.7. The standard InChI is InChI=1S/C5H6N4O4/c1-2(10)7-5-3(4(6)11)9(12)13-8-5/h1H3,(H2,6,11)(H,7,8,10). The first-order valence-electron chi connectivity index (χ1n) is 3.19. The summed E-state index contributed by atoms with van der Waals surface area (Å²) in [5, 5.41) is 15.9. The third-order valence-electron chi connectivity index (χ3n) is 1.14. The van der Waals surface area contributed by atoms with Gasteiger partial charge >= 0.3 is 11.5 Å².